The molecule has 0 bridgehead atoms. The average Bonchev–Trinajstić information content (AvgIpc) is 3.00. The van der Waals surface area contributed by atoms with Gasteiger partial charge in [0.25, 0.3) is 0 Å². The molecular weight excluding hydrogens is 310 g/mol. The molecule has 7 heteroatoms. The Kier molecular flexibility index (Phi) is 3.95. The second-order valence-corrected chi connectivity index (χ2v) is 6.99. The molecule has 7 nitrogen and oxygen atoms in total. The van der Waals surface area contributed by atoms with Crippen LogP contribution in [-0.4, -0.2) is 34.7 Å². The van der Waals surface area contributed by atoms with Gasteiger partial charge in [0, 0.05) is 25.2 Å². The Morgan fingerprint density at radius 2 is 2.29 bits per heavy atom. The van der Waals surface area contributed by atoms with Crippen LogP contribution in [0.1, 0.15) is 33.0 Å². The molecule has 0 spiro atoms. The zero-order chi connectivity index (χ0) is 17.4. The van der Waals surface area contributed by atoms with E-state index in [-0.39, 0.29) is 12.3 Å². The van der Waals surface area contributed by atoms with Crippen LogP contribution in [-0.2, 0) is 16.0 Å². The van der Waals surface area contributed by atoms with Gasteiger partial charge in [-0.2, -0.15) is 0 Å². The highest BCUT2D eigenvalue weighted by molar-refractivity contribution is 5.92. The van der Waals surface area contributed by atoms with Gasteiger partial charge in [0.05, 0.1) is 0 Å². The number of fused-ring (bicyclic) bond motifs is 1. The molecule has 0 aromatic carbocycles. The van der Waals surface area contributed by atoms with Gasteiger partial charge in [0.1, 0.15) is 22.4 Å². The average molecular weight is 331 g/mol. The molecule has 2 N–H and O–H groups in total. The third-order valence-electron chi connectivity index (χ3n) is 3.83. The first kappa shape index (κ1) is 16.3. The van der Waals surface area contributed by atoms with E-state index < -0.39 is 17.2 Å². The molecule has 1 fully saturated rings. The van der Waals surface area contributed by atoms with Crippen molar-refractivity contribution in [2.24, 2.45) is 0 Å². The Hall–Kier alpha value is -2.57. The number of rotatable bonds is 3. The zero-order valence-electron chi connectivity index (χ0n) is 14.0. The first-order valence-electron chi connectivity index (χ1n) is 7.90. The highest BCUT2D eigenvalue weighted by atomic mass is 16.6. The molecule has 0 radical (unpaired) electrons. The molecule has 0 saturated carbocycles. The van der Waals surface area contributed by atoms with Crippen molar-refractivity contribution in [3.63, 3.8) is 0 Å². The van der Waals surface area contributed by atoms with Gasteiger partial charge in [0.2, 0.25) is 5.91 Å². The quantitative estimate of drug-likeness (QED) is 0.899. The van der Waals surface area contributed by atoms with Crippen molar-refractivity contribution in [3.05, 3.63) is 30.2 Å². The summed E-state index contributed by atoms with van der Waals surface area (Å²) in [4.78, 5) is 28.8. The molecule has 0 aliphatic carbocycles. The summed E-state index contributed by atoms with van der Waals surface area (Å²) in [6.45, 7) is 5.82. The van der Waals surface area contributed by atoms with Gasteiger partial charge in [-0.15, -0.1) is 0 Å². The third-order valence-corrected chi connectivity index (χ3v) is 3.83. The molecule has 1 atom stereocenters. The Morgan fingerprint density at radius 1 is 1.50 bits per heavy atom. The molecule has 3 heterocycles. The Labute approximate surface area is 139 Å². The van der Waals surface area contributed by atoms with E-state index in [1.165, 1.54) is 0 Å². The van der Waals surface area contributed by atoms with E-state index >= 15 is 0 Å². The molecule has 2 aromatic rings. The fraction of sp³-hybridized carbons (Fsp3) is 0.471. The monoisotopic (exact) mass is 331 g/mol. The van der Waals surface area contributed by atoms with Gasteiger partial charge in [-0.1, -0.05) is 0 Å². The number of ether oxygens (including phenoxy) is 1. The van der Waals surface area contributed by atoms with Gasteiger partial charge in [0.15, 0.2) is 5.58 Å². The Balaban J connectivity index is 1.83. The number of hydrogen-bond acceptors (Lipinski definition) is 5. The van der Waals surface area contributed by atoms with Crippen LogP contribution in [0, 0.1) is 0 Å². The molecular formula is C17H21N3O4. The SMILES string of the molecule is CC(C)(C)OC(=O)N[C@]1(Cc2cc3ncccc3o2)CCNC1=O. The van der Waals surface area contributed by atoms with Crippen molar-refractivity contribution in [1.29, 1.82) is 0 Å². The van der Waals surface area contributed by atoms with Crippen LogP contribution in [0.2, 0.25) is 0 Å². The fourth-order valence-electron chi connectivity index (χ4n) is 2.81. The number of furan rings is 1. The lowest BCUT2D eigenvalue weighted by Gasteiger charge is -2.28. The Morgan fingerprint density at radius 3 is 2.92 bits per heavy atom. The number of carbonyl (C=O) groups excluding carboxylic acids is 2. The number of amides is 2. The lowest BCUT2D eigenvalue weighted by atomic mass is 9.92. The number of aromatic nitrogens is 1. The summed E-state index contributed by atoms with van der Waals surface area (Å²) in [5, 5.41) is 5.50. The second kappa shape index (κ2) is 5.81. The normalized spacial score (nSPS) is 20.9. The van der Waals surface area contributed by atoms with Crippen LogP contribution in [0.5, 0.6) is 0 Å². The highest BCUT2D eigenvalue weighted by Crippen LogP contribution is 2.26. The van der Waals surface area contributed by atoms with Crippen molar-refractivity contribution < 1.29 is 18.7 Å². The van der Waals surface area contributed by atoms with E-state index in [2.05, 4.69) is 15.6 Å². The largest absolute Gasteiger partial charge is 0.459 e. The van der Waals surface area contributed by atoms with Crippen LogP contribution in [0.4, 0.5) is 4.79 Å². The summed E-state index contributed by atoms with van der Waals surface area (Å²) in [6, 6.07) is 5.39. The molecule has 1 aliphatic rings. The molecule has 1 aliphatic heterocycles. The number of carbonyl (C=O) groups is 2. The van der Waals surface area contributed by atoms with Crippen LogP contribution >= 0.6 is 0 Å². The first-order valence-corrected chi connectivity index (χ1v) is 7.90. The third kappa shape index (κ3) is 3.34. The predicted octanol–water partition coefficient (Wildman–Crippen LogP) is 2.15. The first-order chi connectivity index (χ1) is 11.3. The molecule has 128 valence electrons. The molecule has 2 aromatic heterocycles. The van der Waals surface area contributed by atoms with Crippen LogP contribution in [0.15, 0.2) is 28.8 Å². The van der Waals surface area contributed by atoms with E-state index in [1.807, 2.05) is 6.07 Å². The zero-order valence-corrected chi connectivity index (χ0v) is 14.0. The maximum absolute atomic E-state index is 12.4. The van der Waals surface area contributed by atoms with E-state index in [0.717, 1.165) is 5.52 Å². The van der Waals surface area contributed by atoms with E-state index in [4.69, 9.17) is 9.15 Å². The number of nitrogens with one attached hydrogen (secondary N) is 2. The second-order valence-electron chi connectivity index (χ2n) is 6.99. The topological polar surface area (TPSA) is 93.5 Å². The molecule has 2 amide bonds. The van der Waals surface area contributed by atoms with E-state index in [1.54, 1.807) is 39.1 Å². The summed E-state index contributed by atoms with van der Waals surface area (Å²) in [5.41, 5.74) is -0.337. The van der Waals surface area contributed by atoms with Crippen molar-refractivity contribution in [2.45, 2.75) is 44.8 Å². The summed E-state index contributed by atoms with van der Waals surface area (Å²) in [7, 11) is 0. The van der Waals surface area contributed by atoms with Crippen molar-refractivity contribution in [1.82, 2.24) is 15.6 Å². The minimum absolute atomic E-state index is 0.234. The highest BCUT2D eigenvalue weighted by Gasteiger charge is 2.45. The summed E-state index contributed by atoms with van der Waals surface area (Å²) < 4.78 is 11.0. The fourth-order valence-corrected chi connectivity index (χ4v) is 2.81. The number of alkyl carbamates (subject to hydrolysis) is 1. The summed E-state index contributed by atoms with van der Waals surface area (Å²) in [6.07, 6.45) is 1.77. The number of hydrogen-bond donors (Lipinski definition) is 2. The number of pyridine rings is 1. The van der Waals surface area contributed by atoms with Gasteiger partial charge in [-0.25, -0.2) is 4.79 Å². The number of nitrogens with zero attached hydrogens (tertiary/aromatic N) is 1. The van der Waals surface area contributed by atoms with Gasteiger partial charge < -0.3 is 19.8 Å². The van der Waals surface area contributed by atoms with Crippen LogP contribution in [0.25, 0.3) is 11.1 Å². The lowest BCUT2D eigenvalue weighted by molar-refractivity contribution is -0.124. The van der Waals surface area contributed by atoms with Crippen molar-refractivity contribution in [3.8, 4) is 0 Å². The van der Waals surface area contributed by atoms with Crippen LogP contribution < -0.4 is 10.6 Å². The smallest absolute Gasteiger partial charge is 0.408 e. The predicted molar refractivity (Wildman–Crippen MR) is 87.4 cm³/mol. The van der Waals surface area contributed by atoms with E-state index in [9.17, 15) is 9.59 Å². The minimum atomic E-state index is -1.07. The van der Waals surface area contributed by atoms with Crippen molar-refractivity contribution in [2.75, 3.05) is 6.54 Å². The summed E-state index contributed by atoms with van der Waals surface area (Å²) in [5.74, 6) is 0.360. The summed E-state index contributed by atoms with van der Waals surface area (Å²) >= 11 is 0. The molecule has 0 unspecified atom stereocenters. The van der Waals surface area contributed by atoms with Crippen molar-refractivity contribution >= 4 is 23.1 Å². The van der Waals surface area contributed by atoms with Gasteiger partial charge in [-0.3, -0.25) is 9.78 Å². The minimum Gasteiger partial charge on any atom is -0.459 e. The van der Waals surface area contributed by atoms with Gasteiger partial charge >= 0.3 is 6.09 Å². The molecule has 3 rings (SSSR count). The maximum Gasteiger partial charge on any atom is 0.408 e. The van der Waals surface area contributed by atoms with Gasteiger partial charge in [-0.05, 0) is 39.3 Å². The maximum atomic E-state index is 12.4. The Bertz CT molecular complexity index is 744. The lowest BCUT2D eigenvalue weighted by Crippen LogP contribution is -2.56. The van der Waals surface area contributed by atoms with E-state index in [0.29, 0.717) is 24.3 Å². The standard InChI is InChI=1S/C17H21N3O4/c1-16(2,3)24-15(22)20-17(6-8-19-14(17)21)10-11-9-12-13(23-11)5-4-7-18-12/h4-5,7,9H,6,8,10H2,1-3H3,(H,19,21)(H,20,22)/t17-/m0/s1. The van der Waals surface area contributed by atoms with Crippen LogP contribution in [0.3, 0.4) is 0 Å². The molecule has 1 saturated heterocycles. The molecule has 24 heavy (non-hydrogen) atoms.